The zero-order valence-electron chi connectivity index (χ0n) is 7.86. The summed E-state index contributed by atoms with van der Waals surface area (Å²) in [6.45, 7) is 2.12. The van der Waals surface area contributed by atoms with Crippen molar-refractivity contribution in [2.75, 3.05) is 5.75 Å². The van der Waals surface area contributed by atoms with Crippen molar-refractivity contribution in [2.45, 2.75) is 24.6 Å². The van der Waals surface area contributed by atoms with Crippen LogP contribution in [0.25, 0.3) is 0 Å². The van der Waals surface area contributed by atoms with Crippen molar-refractivity contribution in [1.29, 1.82) is 0 Å². The van der Waals surface area contributed by atoms with Gasteiger partial charge in [-0.15, -0.1) is 0 Å². The van der Waals surface area contributed by atoms with E-state index in [-0.39, 0.29) is 0 Å². The second-order valence-corrected chi connectivity index (χ2v) is 4.96. The van der Waals surface area contributed by atoms with E-state index >= 15 is 0 Å². The Balaban J connectivity index is 2.13. The molecule has 2 heteroatoms. The zero-order valence-corrected chi connectivity index (χ0v) is 8.68. The molecule has 0 aliphatic carbocycles. The van der Waals surface area contributed by atoms with Gasteiger partial charge in [0.1, 0.15) is 0 Å². The second kappa shape index (κ2) is 3.72. The van der Waals surface area contributed by atoms with Crippen LogP contribution < -0.4 is 5.73 Å². The fourth-order valence-electron chi connectivity index (χ4n) is 1.66. The van der Waals surface area contributed by atoms with Gasteiger partial charge in [0.15, 0.2) is 0 Å². The van der Waals surface area contributed by atoms with Gasteiger partial charge in [0, 0.05) is 17.0 Å². The van der Waals surface area contributed by atoms with Crippen LogP contribution >= 0.6 is 11.8 Å². The summed E-state index contributed by atoms with van der Waals surface area (Å²) in [5.41, 5.74) is 8.64. The van der Waals surface area contributed by atoms with Crippen molar-refractivity contribution in [3.05, 3.63) is 35.4 Å². The molecule has 0 saturated carbocycles. The van der Waals surface area contributed by atoms with Gasteiger partial charge in [-0.25, -0.2) is 0 Å². The number of benzene rings is 1. The van der Waals surface area contributed by atoms with Crippen LogP contribution in [0, 0.1) is 6.92 Å². The van der Waals surface area contributed by atoms with Crippen molar-refractivity contribution in [2.24, 2.45) is 5.73 Å². The molecule has 1 saturated heterocycles. The standard InChI is InChI=1S/C11H15NS/c1-8-2-4-9(5-3-8)11-6-10(12)7-13-11/h2-5,10-11H,6-7,12H2,1H3. The fraction of sp³-hybridized carbons (Fsp3) is 0.455. The van der Waals surface area contributed by atoms with E-state index < -0.39 is 0 Å². The first-order valence-electron chi connectivity index (χ1n) is 4.69. The maximum absolute atomic E-state index is 5.87. The molecule has 0 aromatic heterocycles. The Morgan fingerprint density at radius 1 is 1.31 bits per heavy atom. The summed E-state index contributed by atoms with van der Waals surface area (Å²) in [5.74, 6) is 1.11. The van der Waals surface area contributed by atoms with Gasteiger partial charge in [-0.3, -0.25) is 0 Å². The molecule has 1 aliphatic rings. The minimum absolute atomic E-state index is 0.399. The maximum atomic E-state index is 5.87. The minimum atomic E-state index is 0.399. The van der Waals surface area contributed by atoms with Crippen molar-refractivity contribution < 1.29 is 0 Å². The molecule has 1 aromatic carbocycles. The first-order chi connectivity index (χ1) is 6.25. The molecule has 1 nitrogen and oxygen atoms in total. The van der Waals surface area contributed by atoms with Crippen LogP contribution in [0.3, 0.4) is 0 Å². The molecule has 1 heterocycles. The number of nitrogens with two attached hydrogens (primary N) is 1. The van der Waals surface area contributed by atoms with Crippen molar-refractivity contribution >= 4 is 11.8 Å². The van der Waals surface area contributed by atoms with Crippen LogP contribution in [0.2, 0.25) is 0 Å². The number of aryl methyl sites for hydroxylation is 1. The third kappa shape index (κ3) is 2.06. The number of rotatable bonds is 1. The second-order valence-electron chi connectivity index (χ2n) is 3.73. The average Bonchev–Trinajstić information content (AvgIpc) is 2.53. The number of thioether (sulfide) groups is 1. The Bertz CT molecular complexity index is 281. The average molecular weight is 193 g/mol. The lowest BCUT2D eigenvalue weighted by Crippen LogP contribution is -2.17. The molecule has 2 atom stereocenters. The lowest BCUT2D eigenvalue weighted by molar-refractivity contribution is 0.700. The maximum Gasteiger partial charge on any atom is 0.0312 e. The van der Waals surface area contributed by atoms with E-state index in [1.807, 2.05) is 11.8 Å². The predicted molar refractivity (Wildman–Crippen MR) is 59.0 cm³/mol. The lowest BCUT2D eigenvalue weighted by atomic mass is 10.1. The molecule has 0 spiro atoms. The molecule has 0 radical (unpaired) electrons. The van der Waals surface area contributed by atoms with Crippen molar-refractivity contribution in [3.8, 4) is 0 Å². The Morgan fingerprint density at radius 2 is 2.00 bits per heavy atom. The van der Waals surface area contributed by atoms with E-state index in [0.29, 0.717) is 11.3 Å². The Hall–Kier alpha value is -0.470. The molecule has 1 aromatic rings. The van der Waals surface area contributed by atoms with Crippen molar-refractivity contribution in [1.82, 2.24) is 0 Å². The first kappa shape index (κ1) is 9.10. The number of hydrogen-bond donors (Lipinski definition) is 1. The van der Waals surface area contributed by atoms with Crippen LogP contribution in [0.4, 0.5) is 0 Å². The van der Waals surface area contributed by atoms with Gasteiger partial charge in [0.05, 0.1) is 0 Å². The third-order valence-corrected chi connectivity index (χ3v) is 3.97. The van der Waals surface area contributed by atoms with Gasteiger partial charge in [0.25, 0.3) is 0 Å². The SMILES string of the molecule is Cc1ccc(C2CC(N)CS2)cc1. The Kier molecular flexibility index (Phi) is 2.61. The molecule has 2 unspecified atom stereocenters. The quantitative estimate of drug-likeness (QED) is 0.741. The molecule has 1 fully saturated rings. The van der Waals surface area contributed by atoms with E-state index in [0.717, 1.165) is 12.2 Å². The highest BCUT2D eigenvalue weighted by Crippen LogP contribution is 2.39. The topological polar surface area (TPSA) is 26.0 Å². The normalized spacial score (nSPS) is 27.8. The van der Waals surface area contributed by atoms with Gasteiger partial charge in [-0.2, -0.15) is 11.8 Å². The van der Waals surface area contributed by atoms with Crippen LogP contribution in [0.1, 0.15) is 22.8 Å². The molecular weight excluding hydrogens is 178 g/mol. The molecular formula is C11H15NS. The Labute approximate surface area is 83.7 Å². The summed E-state index contributed by atoms with van der Waals surface area (Å²) in [4.78, 5) is 0. The van der Waals surface area contributed by atoms with E-state index in [9.17, 15) is 0 Å². The molecule has 0 amide bonds. The largest absolute Gasteiger partial charge is 0.327 e. The minimum Gasteiger partial charge on any atom is -0.327 e. The van der Waals surface area contributed by atoms with Crippen LogP contribution in [0.5, 0.6) is 0 Å². The summed E-state index contributed by atoms with van der Waals surface area (Å²) >= 11 is 1.98. The van der Waals surface area contributed by atoms with E-state index in [1.165, 1.54) is 11.1 Å². The summed E-state index contributed by atoms with van der Waals surface area (Å²) in [6.07, 6.45) is 1.13. The summed E-state index contributed by atoms with van der Waals surface area (Å²) in [6, 6.07) is 9.21. The smallest absolute Gasteiger partial charge is 0.0312 e. The molecule has 13 heavy (non-hydrogen) atoms. The summed E-state index contributed by atoms with van der Waals surface area (Å²) < 4.78 is 0. The van der Waals surface area contributed by atoms with E-state index in [2.05, 4.69) is 31.2 Å². The first-order valence-corrected chi connectivity index (χ1v) is 5.74. The molecule has 2 rings (SSSR count). The predicted octanol–water partition coefficient (Wildman–Crippen LogP) is 2.50. The van der Waals surface area contributed by atoms with Crippen LogP contribution in [0.15, 0.2) is 24.3 Å². The summed E-state index contributed by atoms with van der Waals surface area (Å²) in [5, 5.41) is 0.635. The molecule has 70 valence electrons. The van der Waals surface area contributed by atoms with Crippen LogP contribution in [-0.4, -0.2) is 11.8 Å². The molecule has 2 N–H and O–H groups in total. The van der Waals surface area contributed by atoms with Crippen molar-refractivity contribution in [3.63, 3.8) is 0 Å². The fourth-order valence-corrected chi connectivity index (χ4v) is 3.01. The van der Waals surface area contributed by atoms with E-state index in [4.69, 9.17) is 5.73 Å². The lowest BCUT2D eigenvalue weighted by Gasteiger charge is -2.08. The van der Waals surface area contributed by atoms with Crippen LogP contribution in [-0.2, 0) is 0 Å². The number of hydrogen-bond acceptors (Lipinski definition) is 2. The molecule has 1 aliphatic heterocycles. The highest BCUT2D eigenvalue weighted by atomic mass is 32.2. The van der Waals surface area contributed by atoms with E-state index in [1.54, 1.807) is 0 Å². The van der Waals surface area contributed by atoms with Gasteiger partial charge in [0.2, 0.25) is 0 Å². The monoisotopic (exact) mass is 193 g/mol. The third-order valence-electron chi connectivity index (χ3n) is 2.48. The zero-order chi connectivity index (χ0) is 9.26. The highest BCUT2D eigenvalue weighted by Gasteiger charge is 2.23. The van der Waals surface area contributed by atoms with Gasteiger partial charge in [-0.05, 0) is 18.9 Å². The highest BCUT2D eigenvalue weighted by molar-refractivity contribution is 7.99. The Morgan fingerprint density at radius 3 is 2.54 bits per heavy atom. The molecule has 0 bridgehead atoms. The van der Waals surface area contributed by atoms with Gasteiger partial charge >= 0.3 is 0 Å². The van der Waals surface area contributed by atoms with Gasteiger partial charge < -0.3 is 5.73 Å². The van der Waals surface area contributed by atoms with Gasteiger partial charge in [-0.1, -0.05) is 29.8 Å². The summed E-state index contributed by atoms with van der Waals surface area (Å²) in [7, 11) is 0.